The lowest BCUT2D eigenvalue weighted by atomic mass is 10.1. The van der Waals surface area contributed by atoms with Crippen LogP contribution in [-0.4, -0.2) is 34.6 Å². The summed E-state index contributed by atoms with van der Waals surface area (Å²) < 4.78 is 61.7. The molecule has 1 N–H and O–H groups in total. The third kappa shape index (κ3) is 6.22. The maximum Gasteiger partial charge on any atom is 0.281 e. The van der Waals surface area contributed by atoms with E-state index in [0.29, 0.717) is 16.3 Å². The van der Waals surface area contributed by atoms with Gasteiger partial charge in [0.15, 0.2) is 6.61 Å². The fourth-order valence-corrected chi connectivity index (χ4v) is 4.73. The number of rotatable bonds is 10. The molecule has 0 saturated heterocycles. The highest BCUT2D eigenvalue weighted by Crippen LogP contribution is 2.29. The summed E-state index contributed by atoms with van der Waals surface area (Å²) in [6.07, 6.45) is 0.0742. The van der Waals surface area contributed by atoms with Gasteiger partial charge in [0.2, 0.25) is 0 Å². The highest BCUT2D eigenvalue weighted by atomic mass is 35.5. The van der Waals surface area contributed by atoms with E-state index in [9.17, 15) is 22.0 Å². The largest absolute Gasteiger partial charge is 0.483 e. The van der Waals surface area contributed by atoms with Gasteiger partial charge in [-0.3, -0.25) is 13.9 Å². The Kier molecular flexibility index (Phi) is 8.43. The SMILES string of the molecule is CONC(=O)COc1ccccc1CCN(c1cc(F)ccc1F)S(=O)(=O)c1ccc(Cl)cc1. The number of halogens is 3. The predicted molar refractivity (Wildman–Crippen MR) is 123 cm³/mol. The van der Waals surface area contributed by atoms with Crippen LogP contribution < -0.4 is 14.5 Å². The Morgan fingerprint density at radius 3 is 2.47 bits per heavy atom. The van der Waals surface area contributed by atoms with Crippen LogP contribution in [-0.2, 0) is 26.1 Å². The minimum Gasteiger partial charge on any atom is -0.483 e. The maximum absolute atomic E-state index is 14.6. The molecule has 0 radical (unpaired) electrons. The number of nitrogens with zero attached hydrogens (tertiary/aromatic N) is 1. The number of nitrogens with one attached hydrogen (secondary N) is 1. The summed E-state index contributed by atoms with van der Waals surface area (Å²) in [6, 6.07) is 14.6. The number of para-hydroxylation sites is 1. The topological polar surface area (TPSA) is 84.9 Å². The first kappa shape index (κ1) is 25.4. The Hall–Kier alpha value is -3.21. The summed E-state index contributed by atoms with van der Waals surface area (Å²) in [5.74, 6) is -1.89. The molecular formula is C23H21ClF2N2O5S. The third-order valence-corrected chi connectivity index (χ3v) is 6.79. The van der Waals surface area contributed by atoms with Crippen molar-refractivity contribution in [1.82, 2.24) is 5.48 Å². The molecular weight excluding hydrogens is 490 g/mol. The summed E-state index contributed by atoms with van der Waals surface area (Å²) >= 11 is 5.87. The van der Waals surface area contributed by atoms with E-state index in [-0.39, 0.29) is 24.5 Å². The molecule has 0 atom stereocenters. The molecule has 3 aromatic carbocycles. The van der Waals surface area contributed by atoms with E-state index < -0.39 is 33.3 Å². The second-order valence-electron chi connectivity index (χ2n) is 7.00. The molecule has 34 heavy (non-hydrogen) atoms. The minimum atomic E-state index is -4.28. The first-order chi connectivity index (χ1) is 16.2. The molecule has 0 aliphatic heterocycles. The lowest BCUT2D eigenvalue weighted by Crippen LogP contribution is -2.34. The number of carbonyl (C=O) groups is 1. The number of hydroxylamine groups is 1. The van der Waals surface area contributed by atoms with E-state index in [4.69, 9.17) is 16.3 Å². The van der Waals surface area contributed by atoms with Gasteiger partial charge in [-0.2, -0.15) is 0 Å². The number of hydrogen-bond acceptors (Lipinski definition) is 5. The van der Waals surface area contributed by atoms with Gasteiger partial charge >= 0.3 is 0 Å². The molecule has 1 amide bonds. The number of sulfonamides is 1. The molecule has 0 aliphatic carbocycles. The van der Waals surface area contributed by atoms with Crippen LogP contribution in [0.2, 0.25) is 5.02 Å². The molecule has 11 heteroatoms. The zero-order chi connectivity index (χ0) is 24.7. The average molecular weight is 511 g/mol. The number of carbonyl (C=O) groups excluding carboxylic acids is 1. The Morgan fingerprint density at radius 1 is 1.06 bits per heavy atom. The van der Waals surface area contributed by atoms with Crippen LogP contribution in [0, 0.1) is 11.6 Å². The van der Waals surface area contributed by atoms with E-state index in [1.54, 1.807) is 24.3 Å². The first-order valence-electron chi connectivity index (χ1n) is 9.98. The van der Waals surface area contributed by atoms with Gasteiger partial charge in [0.25, 0.3) is 15.9 Å². The lowest BCUT2D eigenvalue weighted by molar-refractivity contribution is -0.133. The van der Waals surface area contributed by atoms with E-state index in [0.717, 1.165) is 22.5 Å². The van der Waals surface area contributed by atoms with Gasteiger partial charge in [-0.15, -0.1) is 0 Å². The average Bonchev–Trinajstić information content (AvgIpc) is 2.81. The van der Waals surface area contributed by atoms with E-state index in [2.05, 4.69) is 10.3 Å². The smallest absolute Gasteiger partial charge is 0.281 e. The van der Waals surface area contributed by atoms with Crippen LogP contribution >= 0.6 is 11.6 Å². The lowest BCUT2D eigenvalue weighted by Gasteiger charge is -2.25. The minimum absolute atomic E-state index is 0.0742. The van der Waals surface area contributed by atoms with E-state index in [1.807, 2.05) is 0 Å². The van der Waals surface area contributed by atoms with Crippen molar-refractivity contribution in [2.45, 2.75) is 11.3 Å². The van der Waals surface area contributed by atoms with E-state index >= 15 is 0 Å². The van der Waals surface area contributed by atoms with Gasteiger partial charge in [0.1, 0.15) is 17.4 Å². The molecule has 0 aliphatic rings. The Balaban J connectivity index is 1.93. The molecule has 0 unspecified atom stereocenters. The molecule has 3 aromatic rings. The highest BCUT2D eigenvalue weighted by Gasteiger charge is 2.28. The first-order valence-corrected chi connectivity index (χ1v) is 11.8. The number of hydrogen-bond donors (Lipinski definition) is 1. The Bertz CT molecular complexity index is 1260. The van der Waals surface area contributed by atoms with Crippen molar-refractivity contribution >= 4 is 33.2 Å². The number of anilines is 1. The second kappa shape index (κ2) is 11.3. The van der Waals surface area contributed by atoms with Crippen molar-refractivity contribution in [3.63, 3.8) is 0 Å². The monoisotopic (exact) mass is 510 g/mol. The standard InChI is InChI=1S/C23H21ClF2N2O5S/c1-32-27-23(29)15-33-22-5-3-2-4-16(22)12-13-28(21-14-18(25)8-11-20(21)26)34(30,31)19-9-6-17(24)7-10-19/h2-11,14H,12-13,15H2,1H3,(H,27,29). The molecule has 0 aromatic heterocycles. The van der Waals surface area contributed by atoms with E-state index in [1.165, 1.54) is 31.4 Å². The predicted octanol–water partition coefficient (Wildman–Crippen LogP) is 4.11. The van der Waals surface area contributed by atoms with Crippen LogP contribution in [0.4, 0.5) is 14.5 Å². The van der Waals surface area contributed by atoms with Gasteiger partial charge < -0.3 is 4.74 Å². The Morgan fingerprint density at radius 2 is 1.76 bits per heavy atom. The van der Waals surface area contributed by atoms with Crippen molar-refractivity contribution in [2.24, 2.45) is 0 Å². The van der Waals surface area contributed by atoms with Crippen molar-refractivity contribution in [3.8, 4) is 5.75 Å². The second-order valence-corrected chi connectivity index (χ2v) is 9.30. The zero-order valence-electron chi connectivity index (χ0n) is 18.0. The molecule has 0 fully saturated rings. The molecule has 7 nitrogen and oxygen atoms in total. The molecule has 0 heterocycles. The van der Waals surface area contributed by atoms with Crippen LogP contribution in [0.3, 0.4) is 0 Å². The summed E-state index contributed by atoms with van der Waals surface area (Å²) in [5, 5.41) is 0.325. The normalized spacial score (nSPS) is 11.2. The number of amides is 1. The van der Waals surface area contributed by atoms with Crippen molar-refractivity contribution in [3.05, 3.63) is 89.0 Å². The summed E-state index contributed by atoms with van der Waals surface area (Å²) in [7, 11) is -2.99. The molecule has 0 saturated carbocycles. The molecule has 3 rings (SSSR count). The quantitative estimate of drug-likeness (QED) is 0.415. The van der Waals surface area contributed by atoms with Gasteiger partial charge in [0, 0.05) is 17.6 Å². The van der Waals surface area contributed by atoms with Gasteiger partial charge in [0.05, 0.1) is 17.7 Å². The third-order valence-electron chi connectivity index (χ3n) is 4.71. The van der Waals surface area contributed by atoms with Gasteiger partial charge in [-0.05, 0) is 54.4 Å². The summed E-state index contributed by atoms with van der Waals surface area (Å²) in [4.78, 5) is 16.0. The maximum atomic E-state index is 14.6. The van der Waals surface area contributed by atoms with Gasteiger partial charge in [-0.1, -0.05) is 29.8 Å². The fourth-order valence-electron chi connectivity index (χ4n) is 3.14. The summed E-state index contributed by atoms with van der Waals surface area (Å²) in [6.45, 7) is -0.577. The van der Waals surface area contributed by atoms with Crippen molar-refractivity contribution < 1.29 is 31.6 Å². The zero-order valence-corrected chi connectivity index (χ0v) is 19.6. The van der Waals surface area contributed by atoms with Crippen LogP contribution in [0.5, 0.6) is 5.75 Å². The number of ether oxygens (including phenoxy) is 1. The fraction of sp³-hybridized carbons (Fsp3) is 0.174. The molecule has 180 valence electrons. The Labute approximate surface area is 200 Å². The van der Waals surface area contributed by atoms with Crippen molar-refractivity contribution in [1.29, 1.82) is 0 Å². The van der Waals surface area contributed by atoms with Crippen LogP contribution in [0.25, 0.3) is 0 Å². The van der Waals surface area contributed by atoms with Crippen LogP contribution in [0.1, 0.15) is 5.56 Å². The summed E-state index contributed by atoms with van der Waals surface area (Å²) in [5.41, 5.74) is 2.24. The molecule has 0 bridgehead atoms. The highest BCUT2D eigenvalue weighted by molar-refractivity contribution is 7.92. The molecule has 0 spiro atoms. The van der Waals surface area contributed by atoms with Crippen LogP contribution in [0.15, 0.2) is 71.6 Å². The number of benzene rings is 3. The van der Waals surface area contributed by atoms with Crippen molar-refractivity contribution in [2.75, 3.05) is 24.6 Å². The van der Waals surface area contributed by atoms with Gasteiger partial charge in [-0.25, -0.2) is 22.7 Å².